The third kappa shape index (κ3) is 3.21. The van der Waals surface area contributed by atoms with E-state index >= 15 is 0 Å². The molecule has 1 N–H and O–H groups in total. The lowest BCUT2D eigenvalue weighted by atomic mass is 10.1. The van der Waals surface area contributed by atoms with E-state index in [9.17, 15) is 9.59 Å². The molecule has 0 saturated heterocycles. The molecule has 0 atom stereocenters. The Hall–Kier alpha value is -2.36. The summed E-state index contributed by atoms with van der Waals surface area (Å²) in [6, 6.07) is 10.9. The highest BCUT2D eigenvalue weighted by atomic mass is 16.2. The number of rotatable bonds is 4. The van der Waals surface area contributed by atoms with E-state index < -0.39 is 0 Å². The van der Waals surface area contributed by atoms with Crippen molar-refractivity contribution in [1.29, 1.82) is 0 Å². The number of aromatic amines is 1. The topological polar surface area (TPSA) is 53.2 Å². The highest BCUT2D eigenvalue weighted by Gasteiger charge is 2.28. The Bertz CT molecular complexity index is 699. The van der Waals surface area contributed by atoms with Gasteiger partial charge in [0.1, 0.15) is 0 Å². The Balaban J connectivity index is 1.92. The Kier molecular flexibility index (Phi) is 3.60. The number of nitrogens with one attached hydrogen (secondary N) is 1. The number of nitrogens with zero attached hydrogens (tertiary/aromatic N) is 1. The number of aryl methyl sites for hydroxylation is 1. The van der Waals surface area contributed by atoms with Crippen LogP contribution in [0.3, 0.4) is 0 Å². The molecule has 21 heavy (non-hydrogen) atoms. The molecule has 1 fully saturated rings. The Morgan fingerprint density at radius 2 is 1.95 bits per heavy atom. The van der Waals surface area contributed by atoms with E-state index in [4.69, 9.17) is 0 Å². The van der Waals surface area contributed by atoms with Crippen LogP contribution in [-0.4, -0.2) is 17.4 Å². The van der Waals surface area contributed by atoms with Gasteiger partial charge in [0, 0.05) is 30.1 Å². The van der Waals surface area contributed by atoms with Gasteiger partial charge in [-0.25, -0.2) is 0 Å². The molecule has 4 heteroatoms. The molecule has 0 radical (unpaired) electrons. The molecule has 0 unspecified atom stereocenters. The van der Waals surface area contributed by atoms with Gasteiger partial charge in [0.25, 0.3) is 5.91 Å². The zero-order valence-electron chi connectivity index (χ0n) is 12.0. The maximum atomic E-state index is 12.7. The minimum Gasteiger partial charge on any atom is -0.329 e. The number of H-pyrrole nitrogens is 1. The molecule has 0 bridgehead atoms. The fourth-order valence-corrected chi connectivity index (χ4v) is 2.32. The average Bonchev–Trinajstić information content (AvgIpc) is 3.29. The molecule has 0 aliphatic heterocycles. The Morgan fingerprint density at radius 3 is 2.57 bits per heavy atom. The first-order chi connectivity index (χ1) is 10.1. The van der Waals surface area contributed by atoms with Gasteiger partial charge >= 0.3 is 0 Å². The van der Waals surface area contributed by atoms with E-state index in [1.165, 1.54) is 25.1 Å². The van der Waals surface area contributed by atoms with E-state index in [0.29, 0.717) is 18.0 Å². The fourth-order valence-electron chi connectivity index (χ4n) is 2.32. The summed E-state index contributed by atoms with van der Waals surface area (Å²) in [6.07, 6.45) is 3.86. The third-order valence-corrected chi connectivity index (χ3v) is 3.75. The van der Waals surface area contributed by atoms with Gasteiger partial charge in [0.05, 0.1) is 0 Å². The number of amides is 1. The predicted octanol–water partition coefficient (Wildman–Crippen LogP) is 2.74. The molecule has 3 rings (SSSR count). The fraction of sp³-hybridized carbons (Fsp3) is 0.294. The second-order valence-electron chi connectivity index (χ2n) is 5.64. The number of carbonyl (C=O) groups is 1. The van der Waals surface area contributed by atoms with Crippen LogP contribution in [0.5, 0.6) is 0 Å². The summed E-state index contributed by atoms with van der Waals surface area (Å²) in [6.45, 7) is 2.74. The van der Waals surface area contributed by atoms with Crippen LogP contribution < -0.4 is 10.5 Å². The molecule has 1 aromatic heterocycles. The number of aromatic nitrogens is 1. The molecule has 1 amide bonds. The molecule has 108 valence electrons. The van der Waals surface area contributed by atoms with E-state index in [1.807, 2.05) is 31.2 Å². The lowest BCUT2D eigenvalue weighted by molar-refractivity contribution is 0.0985. The molecule has 1 aromatic carbocycles. The molecule has 4 nitrogen and oxygen atoms in total. The van der Waals surface area contributed by atoms with E-state index in [2.05, 4.69) is 4.98 Å². The number of anilines is 1. The third-order valence-electron chi connectivity index (χ3n) is 3.75. The molecule has 1 saturated carbocycles. The van der Waals surface area contributed by atoms with Crippen LogP contribution in [-0.2, 0) is 0 Å². The summed E-state index contributed by atoms with van der Waals surface area (Å²) < 4.78 is 0. The second kappa shape index (κ2) is 5.56. The first-order valence-electron chi connectivity index (χ1n) is 7.21. The summed E-state index contributed by atoms with van der Waals surface area (Å²) in [4.78, 5) is 28.4. The van der Waals surface area contributed by atoms with Crippen molar-refractivity contribution in [3.05, 3.63) is 64.1 Å². The minimum atomic E-state index is -0.254. The standard InChI is InChI=1S/C17H18N2O2/c1-12-2-6-15(7-3-12)19(11-13-4-5-13)17(21)14-8-9-18-16(20)10-14/h2-3,6-10,13H,4-5,11H2,1H3,(H,18,20). The van der Waals surface area contributed by atoms with Gasteiger partial charge in [0.15, 0.2) is 0 Å². The van der Waals surface area contributed by atoms with Crippen LogP contribution in [0.25, 0.3) is 0 Å². The molecule has 1 aliphatic rings. The molecular formula is C17H18N2O2. The lowest BCUT2D eigenvalue weighted by Gasteiger charge is -2.23. The largest absolute Gasteiger partial charge is 0.329 e. The van der Waals surface area contributed by atoms with Crippen molar-refractivity contribution in [3.8, 4) is 0 Å². The number of hydrogen-bond donors (Lipinski definition) is 1. The first-order valence-corrected chi connectivity index (χ1v) is 7.21. The van der Waals surface area contributed by atoms with Crippen LogP contribution in [0.15, 0.2) is 47.4 Å². The molecule has 2 aromatic rings. The summed E-state index contributed by atoms with van der Waals surface area (Å²) in [5.41, 5.74) is 2.22. The predicted molar refractivity (Wildman–Crippen MR) is 82.6 cm³/mol. The van der Waals surface area contributed by atoms with Crippen molar-refractivity contribution < 1.29 is 4.79 Å². The number of pyridine rings is 1. The van der Waals surface area contributed by atoms with Crippen LogP contribution in [0, 0.1) is 12.8 Å². The van der Waals surface area contributed by atoms with Crippen molar-refractivity contribution in [3.63, 3.8) is 0 Å². The zero-order chi connectivity index (χ0) is 14.8. The van der Waals surface area contributed by atoms with Gasteiger partial charge in [-0.1, -0.05) is 17.7 Å². The van der Waals surface area contributed by atoms with Gasteiger partial charge < -0.3 is 9.88 Å². The quantitative estimate of drug-likeness (QED) is 0.937. The monoisotopic (exact) mass is 282 g/mol. The summed E-state index contributed by atoms with van der Waals surface area (Å²) in [5.74, 6) is 0.467. The van der Waals surface area contributed by atoms with Crippen LogP contribution in [0.2, 0.25) is 0 Å². The van der Waals surface area contributed by atoms with Crippen LogP contribution >= 0.6 is 0 Å². The van der Waals surface area contributed by atoms with Gasteiger partial charge in [0.2, 0.25) is 5.56 Å². The lowest BCUT2D eigenvalue weighted by Crippen LogP contribution is -2.33. The maximum absolute atomic E-state index is 12.7. The van der Waals surface area contributed by atoms with E-state index in [0.717, 1.165) is 11.3 Å². The molecule has 1 aliphatic carbocycles. The van der Waals surface area contributed by atoms with Crippen LogP contribution in [0.1, 0.15) is 28.8 Å². The molecule has 1 heterocycles. The van der Waals surface area contributed by atoms with Crippen molar-refractivity contribution >= 4 is 11.6 Å². The van der Waals surface area contributed by atoms with Gasteiger partial charge in [-0.3, -0.25) is 9.59 Å². The zero-order valence-corrected chi connectivity index (χ0v) is 12.0. The highest BCUT2D eigenvalue weighted by molar-refractivity contribution is 6.06. The minimum absolute atomic E-state index is 0.114. The van der Waals surface area contributed by atoms with Gasteiger partial charge in [-0.15, -0.1) is 0 Å². The number of benzene rings is 1. The highest BCUT2D eigenvalue weighted by Crippen LogP contribution is 2.32. The smallest absolute Gasteiger partial charge is 0.258 e. The van der Waals surface area contributed by atoms with E-state index in [-0.39, 0.29) is 11.5 Å². The summed E-state index contributed by atoms with van der Waals surface area (Å²) in [5, 5.41) is 0. The second-order valence-corrected chi connectivity index (χ2v) is 5.64. The Morgan fingerprint density at radius 1 is 1.24 bits per heavy atom. The first kappa shape index (κ1) is 13.6. The van der Waals surface area contributed by atoms with Crippen molar-refractivity contribution in [2.24, 2.45) is 5.92 Å². The number of hydrogen-bond acceptors (Lipinski definition) is 2. The summed E-state index contributed by atoms with van der Waals surface area (Å²) in [7, 11) is 0. The maximum Gasteiger partial charge on any atom is 0.258 e. The SMILES string of the molecule is Cc1ccc(N(CC2CC2)C(=O)c2cc[nH]c(=O)c2)cc1. The molecule has 0 spiro atoms. The van der Waals surface area contributed by atoms with Crippen molar-refractivity contribution in [1.82, 2.24) is 4.98 Å². The average molecular weight is 282 g/mol. The number of carbonyl (C=O) groups excluding carboxylic acids is 1. The molecular weight excluding hydrogens is 264 g/mol. The van der Waals surface area contributed by atoms with Crippen molar-refractivity contribution in [2.45, 2.75) is 19.8 Å². The normalized spacial score (nSPS) is 14.0. The van der Waals surface area contributed by atoms with Crippen LogP contribution in [0.4, 0.5) is 5.69 Å². The van der Waals surface area contributed by atoms with Gasteiger partial charge in [-0.05, 0) is 43.9 Å². The van der Waals surface area contributed by atoms with Crippen molar-refractivity contribution in [2.75, 3.05) is 11.4 Å². The van der Waals surface area contributed by atoms with Gasteiger partial charge in [-0.2, -0.15) is 0 Å². The van der Waals surface area contributed by atoms with E-state index in [1.54, 1.807) is 11.0 Å². The Labute approximate surface area is 123 Å². The summed E-state index contributed by atoms with van der Waals surface area (Å²) >= 11 is 0.